The molecule has 0 aliphatic rings. The van der Waals surface area contributed by atoms with Gasteiger partial charge < -0.3 is 10.0 Å². The van der Waals surface area contributed by atoms with E-state index in [2.05, 4.69) is 12.6 Å². The van der Waals surface area contributed by atoms with Crippen molar-refractivity contribution in [3.05, 3.63) is 42.0 Å². The molecule has 0 aliphatic carbocycles. The first-order valence-electron chi connectivity index (χ1n) is 5.20. The molecule has 0 unspecified atom stereocenters. The SMILES string of the molecule is C=CCN(CCO)c1ccc(C#N)c(C)c1. The van der Waals surface area contributed by atoms with Crippen LogP contribution in [-0.2, 0) is 0 Å². The lowest BCUT2D eigenvalue weighted by atomic mass is 10.1. The van der Waals surface area contributed by atoms with Crippen molar-refractivity contribution in [2.45, 2.75) is 6.92 Å². The first-order valence-corrected chi connectivity index (χ1v) is 5.20. The highest BCUT2D eigenvalue weighted by Crippen LogP contribution is 2.18. The molecule has 0 aliphatic heterocycles. The van der Waals surface area contributed by atoms with Crippen LogP contribution in [0.3, 0.4) is 0 Å². The molecule has 0 bridgehead atoms. The Hall–Kier alpha value is -1.79. The van der Waals surface area contributed by atoms with Gasteiger partial charge in [-0.05, 0) is 30.7 Å². The van der Waals surface area contributed by atoms with Gasteiger partial charge in [0, 0.05) is 18.8 Å². The quantitative estimate of drug-likeness (QED) is 0.764. The molecule has 1 aromatic carbocycles. The Kier molecular flexibility index (Phi) is 4.56. The standard InChI is InChI=1S/C13H16N2O/c1-3-6-15(7-8-16)13-5-4-12(10-14)11(2)9-13/h3-5,9,16H,1,6-8H2,2H3. The van der Waals surface area contributed by atoms with E-state index in [-0.39, 0.29) is 6.61 Å². The van der Waals surface area contributed by atoms with E-state index in [1.807, 2.05) is 24.0 Å². The molecular formula is C13H16N2O. The zero-order chi connectivity index (χ0) is 12.0. The monoisotopic (exact) mass is 216 g/mol. The molecule has 1 rings (SSSR count). The average molecular weight is 216 g/mol. The molecule has 16 heavy (non-hydrogen) atoms. The van der Waals surface area contributed by atoms with Crippen molar-refractivity contribution < 1.29 is 5.11 Å². The summed E-state index contributed by atoms with van der Waals surface area (Å²) in [6, 6.07) is 7.79. The molecule has 0 radical (unpaired) electrons. The van der Waals surface area contributed by atoms with Crippen LogP contribution in [0, 0.1) is 18.3 Å². The molecule has 1 N–H and O–H groups in total. The lowest BCUT2D eigenvalue weighted by Gasteiger charge is -2.22. The van der Waals surface area contributed by atoms with Crippen LogP contribution in [0.1, 0.15) is 11.1 Å². The first kappa shape index (κ1) is 12.3. The van der Waals surface area contributed by atoms with E-state index in [0.29, 0.717) is 18.7 Å². The Morgan fingerprint density at radius 2 is 2.31 bits per heavy atom. The Bertz CT molecular complexity index is 407. The summed E-state index contributed by atoms with van der Waals surface area (Å²) in [5.74, 6) is 0. The highest BCUT2D eigenvalue weighted by molar-refractivity contribution is 5.53. The van der Waals surface area contributed by atoms with Crippen molar-refractivity contribution in [2.24, 2.45) is 0 Å². The van der Waals surface area contributed by atoms with Crippen LogP contribution >= 0.6 is 0 Å². The molecule has 1 aromatic rings. The van der Waals surface area contributed by atoms with Crippen molar-refractivity contribution in [2.75, 3.05) is 24.6 Å². The fraction of sp³-hybridized carbons (Fsp3) is 0.308. The molecule has 3 nitrogen and oxygen atoms in total. The maximum atomic E-state index is 8.97. The molecule has 0 saturated carbocycles. The molecule has 0 aromatic heterocycles. The van der Waals surface area contributed by atoms with Gasteiger partial charge in [-0.25, -0.2) is 0 Å². The van der Waals surface area contributed by atoms with E-state index in [1.165, 1.54) is 0 Å². The molecule has 0 atom stereocenters. The summed E-state index contributed by atoms with van der Waals surface area (Å²) >= 11 is 0. The second-order valence-corrected chi connectivity index (χ2v) is 3.57. The van der Waals surface area contributed by atoms with Gasteiger partial charge in [0.2, 0.25) is 0 Å². The minimum atomic E-state index is 0.104. The summed E-state index contributed by atoms with van der Waals surface area (Å²) in [6.45, 7) is 6.96. The van der Waals surface area contributed by atoms with Gasteiger partial charge in [0.15, 0.2) is 0 Å². The van der Waals surface area contributed by atoms with Crippen LogP contribution in [0.5, 0.6) is 0 Å². The second-order valence-electron chi connectivity index (χ2n) is 3.57. The maximum Gasteiger partial charge on any atom is 0.0994 e. The predicted octanol–water partition coefficient (Wildman–Crippen LogP) is 1.85. The Morgan fingerprint density at radius 1 is 1.56 bits per heavy atom. The summed E-state index contributed by atoms with van der Waals surface area (Å²) in [5, 5.41) is 17.8. The summed E-state index contributed by atoms with van der Waals surface area (Å²) in [4.78, 5) is 2.02. The number of rotatable bonds is 5. The van der Waals surface area contributed by atoms with E-state index in [4.69, 9.17) is 10.4 Å². The van der Waals surface area contributed by atoms with Crippen LogP contribution in [-0.4, -0.2) is 24.8 Å². The smallest absolute Gasteiger partial charge is 0.0994 e. The van der Waals surface area contributed by atoms with Crippen LogP contribution < -0.4 is 4.90 Å². The predicted molar refractivity (Wildman–Crippen MR) is 65.4 cm³/mol. The van der Waals surface area contributed by atoms with Gasteiger partial charge in [0.25, 0.3) is 0 Å². The van der Waals surface area contributed by atoms with Crippen LogP contribution in [0.25, 0.3) is 0 Å². The topological polar surface area (TPSA) is 47.3 Å². The highest BCUT2D eigenvalue weighted by atomic mass is 16.3. The number of benzene rings is 1. The van der Waals surface area contributed by atoms with Crippen LogP contribution in [0.4, 0.5) is 5.69 Å². The van der Waals surface area contributed by atoms with Crippen LogP contribution in [0.2, 0.25) is 0 Å². The molecule has 0 heterocycles. The Morgan fingerprint density at radius 3 is 2.81 bits per heavy atom. The number of aliphatic hydroxyl groups is 1. The van der Waals surface area contributed by atoms with Crippen molar-refractivity contribution in [1.82, 2.24) is 0 Å². The summed E-state index contributed by atoms with van der Waals surface area (Å²) in [6.07, 6.45) is 1.79. The fourth-order valence-electron chi connectivity index (χ4n) is 1.57. The first-order chi connectivity index (χ1) is 7.72. The number of aliphatic hydroxyl groups excluding tert-OH is 1. The van der Waals surface area contributed by atoms with Gasteiger partial charge in [-0.3, -0.25) is 0 Å². The van der Waals surface area contributed by atoms with Gasteiger partial charge in [-0.2, -0.15) is 5.26 Å². The van der Waals surface area contributed by atoms with Crippen molar-refractivity contribution in [3.63, 3.8) is 0 Å². The van der Waals surface area contributed by atoms with Crippen molar-refractivity contribution in [3.8, 4) is 6.07 Å². The third kappa shape index (κ3) is 2.85. The zero-order valence-corrected chi connectivity index (χ0v) is 9.48. The number of aryl methyl sites for hydroxylation is 1. The van der Waals surface area contributed by atoms with Crippen LogP contribution in [0.15, 0.2) is 30.9 Å². The van der Waals surface area contributed by atoms with Gasteiger partial charge >= 0.3 is 0 Å². The molecule has 3 heteroatoms. The molecule has 0 saturated heterocycles. The van der Waals surface area contributed by atoms with E-state index in [0.717, 1.165) is 11.3 Å². The van der Waals surface area contributed by atoms with Gasteiger partial charge in [0.1, 0.15) is 0 Å². The maximum absolute atomic E-state index is 8.97. The number of nitriles is 1. The molecule has 0 amide bonds. The Labute approximate surface area is 96.2 Å². The Balaban J connectivity index is 2.97. The second kappa shape index (κ2) is 5.94. The normalized spacial score (nSPS) is 9.56. The van der Waals surface area contributed by atoms with Crippen molar-refractivity contribution >= 4 is 5.69 Å². The molecule has 0 fully saturated rings. The third-order valence-electron chi connectivity index (χ3n) is 2.41. The van der Waals surface area contributed by atoms with Gasteiger partial charge in [-0.1, -0.05) is 6.08 Å². The van der Waals surface area contributed by atoms with Gasteiger partial charge in [-0.15, -0.1) is 6.58 Å². The molecular weight excluding hydrogens is 200 g/mol. The average Bonchev–Trinajstić information content (AvgIpc) is 2.28. The largest absolute Gasteiger partial charge is 0.395 e. The number of anilines is 1. The zero-order valence-electron chi connectivity index (χ0n) is 9.48. The summed E-state index contributed by atoms with van der Waals surface area (Å²) < 4.78 is 0. The van der Waals surface area contributed by atoms with Crippen molar-refractivity contribution in [1.29, 1.82) is 5.26 Å². The van der Waals surface area contributed by atoms with E-state index < -0.39 is 0 Å². The lowest BCUT2D eigenvalue weighted by molar-refractivity contribution is 0.303. The summed E-state index contributed by atoms with van der Waals surface area (Å²) in [7, 11) is 0. The molecule has 84 valence electrons. The minimum absolute atomic E-state index is 0.104. The highest BCUT2D eigenvalue weighted by Gasteiger charge is 2.05. The van der Waals surface area contributed by atoms with E-state index in [9.17, 15) is 0 Å². The number of hydrogen-bond acceptors (Lipinski definition) is 3. The van der Waals surface area contributed by atoms with Gasteiger partial charge in [0.05, 0.1) is 18.2 Å². The van der Waals surface area contributed by atoms with E-state index in [1.54, 1.807) is 12.1 Å². The van der Waals surface area contributed by atoms with E-state index >= 15 is 0 Å². The molecule has 0 spiro atoms. The third-order valence-corrected chi connectivity index (χ3v) is 2.41. The lowest BCUT2D eigenvalue weighted by Crippen LogP contribution is -2.26. The minimum Gasteiger partial charge on any atom is -0.395 e. The summed E-state index contributed by atoms with van der Waals surface area (Å²) in [5.41, 5.74) is 2.64. The number of hydrogen-bond donors (Lipinski definition) is 1. The number of nitrogens with zero attached hydrogens (tertiary/aromatic N) is 2. The fourth-order valence-corrected chi connectivity index (χ4v) is 1.57.